The van der Waals surface area contributed by atoms with Crippen LogP contribution in [-0.2, 0) is 9.53 Å². The standard InChI is InChI=1S/C22H28N4O3/c1-4-29-18-14-22(23,21(18,2)3)19(27)24-16-11-8-12-17(13-16)26-20(28)25-15-9-6-5-7-10-15/h5-13,18H,4,14,23H2,1-3H3,(H,24,27)(H2,25,26,28). The molecule has 0 bridgehead atoms. The molecule has 7 nitrogen and oxygen atoms in total. The first-order chi connectivity index (χ1) is 13.8. The van der Waals surface area contributed by atoms with Crippen molar-refractivity contribution in [1.82, 2.24) is 0 Å². The molecular weight excluding hydrogens is 368 g/mol. The molecule has 0 saturated heterocycles. The smallest absolute Gasteiger partial charge is 0.323 e. The van der Waals surface area contributed by atoms with Crippen LogP contribution < -0.4 is 21.7 Å². The van der Waals surface area contributed by atoms with E-state index in [1.54, 1.807) is 36.4 Å². The third-order valence-electron chi connectivity index (χ3n) is 5.65. The zero-order valence-corrected chi connectivity index (χ0v) is 17.0. The molecule has 0 spiro atoms. The van der Waals surface area contributed by atoms with Gasteiger partial charge in [0.25, 0.3) is 0 Å². The number of nitrogens with two attached hydrogens (primary N) is 1. The minimum Gasteiger partial charge on any atom is -0.378 e. The van der Waals surface area contributed by atoms with Crippen LogP contribution in [0.5, 0.6) is 0 Å². The molecule has 29 heavy (non-hydrogen) atoms. The maximum absolute atomic E-state index is 12.9. The fourth-order valence-electron chi connectivity index (χ4n) is 3.55. The van der Waals surface area contributed by atoms with E-state index in [4.69, 9.17) is 10.5 Å². The minimum absolute atomic E-state index is 0.0436. The molecule has 2 aromatic carbocycles. The quantitative estimate of drug-likeness (QED) is 0.596. The normalized spacial score (nSPS) is 22.3. The first kappa shape index (κ1) is 20.8. The second-order valence-electron chi connectivity index (χ2n) is 7.82. The molecule has 0 radical (unpaired) electrons. The average molecular weight is 396 g/mol. The molecular formula is C22H28N4O3. The van der Waals surface area contributed by atoms with E-state index in [2.05, 4.69) is 16.0 Å². The summed E-state index contributed by atoms with van der Waals surface area (Å²) in [5.41, 5.74) is 6.75. The molecule has 154 valence electrons. The zero-order valence-electron chi connectivity index (χ0n) is 17.0. The van der Waals surface area contributed by atoms with Crippen molar-refractivity contribution in [1.29, 1.82) is 0 Å². The number of anilines is 3. The number of carbonyl (C=O) groups excluding carboxylic acids is 2. The summed E-state index contributed by atoms with van der Waals surface area (Å²) in [5.74, 6) is -0.260. The van der Waals surface area contributed by atoms with Crippen LogP contribution >= 0.6 is 0 Å². The van der Waals surface area contributed by atoms with Crippen LogP contribution in [-0.4, -0.2) is 30.2 Å². The predicted molar refractivity (Wildman–Crippen MR) is 115 cm³/mol. The molecule has 2 unspecified atom stereocenters. The van der Waals surface area contributed by atoms with Gasteiger partial charge in [0.05, 0.1) is 6.10 Å². The van der Waals surface area contributed by atoms with Crippen molar-refractivity contribution in [3.05, 3.63) is 54.6 Å². The maximum atomic E-state index is 12.9. The van der Waals surface area contributed by atoms with Crippen molar-refractivity contribution in [3.63, 3.8) is 0 Å². The largest absolute Gasteiger partial charge is 0.378 e. The first-order valence-corrected chi connectivity index (χ1v) is 9.71. The number of urea groups is 1. The van der Waals surface area contributed by atoms with E-state index in [-0.39, 0.29) is 18.0 Å². The van der Waals surface area contributed by atoms with Crippen LogP contribution in [0.4, 0.5) is 21.9 Å². The van der Waals surface area contributed by atoms with Crippen molar-refractivity contribution in [2.24, 2.45) is 11.1 Å². The summed E-state index contributed by atoms with van der Waals surface area (Å²) in [6.45, 7) is 6.41. The Bertz CT molecular complexity index is 885. The Morgan fingerprint density at radius 3 is 2.21 bits per heavy atom. The SMILES string of the molecule is CCOC1CC(N)(C(=O)Nc2cccc(NC(=O)Nc3ccccc3)c2)C1(C)C. The van der Waals surface area contributed by atoms with Gasteiger partial charge in [0, 0.05) is 35.5 Å². The number of hydrogen-bond acceptors (Lipinski definition) is 4. The summed E-state index contributed by atoms with van der Waals surface area (Å²) in [5, 5.41) is 8.38. The van der Waals surface area contributed by atoms with Crippen molar-refractivity contribution in [3.8, 4) is 0 Å². The number of benzene rings is 2. The highest BCUT2D eigenvalue weighted by Gasteiger charge is 2.62. The lowest BCUT2D eigenvalue weighted by Crippen LogP contribution is -2.74. The highest BCUT2D eigenvalue weighted by atomic mass is 16.5. The molecule has 1 aliphatic rings. The van der Waals surface area contributed by atoms with Gasteiger partial charge in [-0.05, 0) is 37.3 Å². The van der Waals surface area contributed by atoms with Gasteiger partial charge in [-0.2, -0.15) is 0 Å². The molecule has 3 rings (SSSR count). The van der Waals surface area contributed by atoms with Gasteiger partial charge in [-0.25, -0.2) is 4.79 Å². The molecule has 3 amide bonds. The molecule has 5 N–H and O–H groups in total. The molecule has 0 aromatic heterocycles. The van der Waals surface area contributed by atoms with Crippen LogP contribution in [0, 0.1) is 5.41 Å². The van der Waals surface area contributed by atoms with E-state index < -0.39 is 11.0 Å². The molecule has 1 fully saturated rings. The van der Waals surface area contributed by atoms with E-state index in [9.17, 15) is 9.59 Å². The highest BCUT2D eigenvalue weighted by Crippen LogP contribution is 2.50. The Labute approximate surface area is 171 Å². The summed E-state index contributed by atoms with van der Waals surface area (Å²) in [6.07, 6.45) is 0.426. The second-order valence-corrected chi connectivity index (χ2v) is 7.82. The maximum Gasteiger partial charge on any atom is 0.323 e. The van der Waals surface area contributed by atoms with Gasteiger partial charge < -0.3 is 26.4 Å². The lowest BCUT2D eigenvalue weighted by molar-refractivity contribution is -0.166. The molecule has 0 aliphatic heterocycles. The van der Waals surface area contributed by atoms with E-state index in [0.717, 1.165) is 0 Å². The number of hydrogen-bond donors (Lipinski definition) is 4. The Balaban J connectivity index is 1.62. The fraction of sp³-hybridized carbons (Fsp3) is 0.364. The van der Waals surface area contributed by atoms with Gasteiger partial charge in [0.15, 0.2) is 0 Å². The van der Waals surface area contributed by atoms with Crippen LogP contribution in [0.2, 0.25) is 0 Å². The van der Waals surface area contributed by atoms with E-state index in [1.807, 2.05) is 39.0 Å². The van der Waals surface area contributed by atoms with E-state index in [1.165, 1.54) is 0 Å². The molecule has 7 heteroatoms. The Morgan fingerprint density at radius 1 is 1.00 bits per heavy atom. The van der Waals surface area contributed by atoms with Gasteiger partial charge in [-0.3, -0.25) is 4.79 Å². The van der Waals surface area contributed by atoms with Gasteiger partial charge >= 0.3 is 6.03 Å². The zero-order chi connectivity index (χ0) is 21.1. The molecule has 1 saturated carbocycles. The summed E-state index contributed by atoms with van der Waals surface area (Å²) in [7, 11) is 0. The van der Waals surface area contributed by atoms with Crippen LogP contribution in [0.15, 0.2) is 54.6 Å². The number of carbonyl (C=O) groups is 2. The second kappa shape index (κ2) is 8.23. The Kier molecular flexibility index (Phi) is 5.91. The van der Waals surface area contributed by atoms with Crippen molar-refractivity contribution in [2.45, 2.75) is 38.8 Å². The number of rotatable bonds is 6. The third-order valence-corrected chi connectivity index (χ3v) is 5.65. The number of amides is 3. The van der Waals surface area contributed by atoms with Gasteiger partial charge in [-0.15, -0.1) is 0 Å². The van der Waals surface area contributed by atoms with Crippen molar-refractivity contribution >= 4 is 29.0 Å². The van der Waals surface area contributed by atoms with Gasteiger partial charge in [0.2, 0.25) is 5.91 Å². The van der Waals surface area contributed by atoms with Crippen molar-refractivity contribution in [2.75, 3.05) is 22.6 Å². The monoisotopic (exact) mass is 396 g/mol. The number of ether oxygens (including phenoxy) is 1. The summed E-state index contributed by atoms with van der Waals surface area (Å²) >= 11 is 0. The molecule has 2 aromatic rings. The molecule has 2 atom stereocenters. The Hall–Kier alpha value is -2.90. The predicted octanol–water partition coefficient (Wildman–Crippen LogP) is 3.80. The van der Waals surface area contributed by atoms with Gasteiger partial charge in [0.1, 0.15) is 5.54 Å². The summed E-state index contributed by atoms with van der Waals surface area (Å²) in [4.78, 5) is 25.0. The average Bonchev–Trinajstić information content (AvgIpc) is 2.68. The van der Waals surface area contributed by atoms with Crippen LogP contribution in [0.3, 0.4) is 0 Å². The summed E-state index contributed by atoms with van der Waals surface area (Å²) in [6, 6.07) is 15.7. The first-order valence-electron chi connectivity index (χ1n) is 9.71. The lowest BCUT2D eigenvalue weighted by atomic mass is 9.54. The number of nitrogens with one attached hydrogen (secondary N) is 3. The fourth-order valence-corrected chi connectivity index (χ4v) is 3.55. The van der Waals surface area contributed by atoms with Crippen molar-refractivity contribution < 1.29 is 14.3 Å². The molecule has 1 aliphatic carbocycles. The van der Waals surface area contributed by atoms with E-state index in [0.29, 0.717) is 30.1 Å². The summed E-state index contributed by atoms with van der Waals surface area (Å²) < 4.78 is 5.69. The van der Waals surface area contributed by atoms with Crippen LogP contribution in [0.1, 0.15) is 27.2 Å². The van der Waals surface area contributed by atoms with Crippen LogP contribution in [0.25, 0.3) is 0 Å². The third kappa shape index (κ3) is 4.26. The highest BCUT2D eigenvalue weighted by molar-refractivity contribution is 6.02. The number of para-hydroxylation sites is 1. The topological polar surface area (TPSA) is 105 Å². The minimum atomic E-state index is -1.01. The Morgan fingerprint density at radius 2 is 1.59 bits per heavy atom. The molecule has 0 heterocycles. The lowest BCUT2D eigenvalue weighted by Gasteiger charge is -2.57. The van der Waals surface area contributed by atoms with Gasteiger partial charge in [-0.1, -0.05) is 38.1 Å². The van der Waals surface area contributed by atoms with E-state index >= 15 is 0 Å².